The van der Waals surface area contributed by atoms with Crippen molar-refractivity contribution in [3.63, 3.8) is 0 Å². The van der Waals surface area contributed by atoms with E-state index in [2.05, 4.69) is 80.2 Å². The Labute approximate surface area is 268 Å². The van der Waals surface area contributed by atoms with Gasteiger partial charge in [0.2, 0.25) is 5.91 Å². The van der Waals surface area contributed by atoms with E-state index in [1.165, 1.54) is 17.2 Å². The summed E-state index contributed by atoms with van der Waals surface area (Å²) < 4.78 is 8.64. The van der Waals surface area contributed by atoms with Crippen LogP contribution < -0.4 is 25.9 Å². The maximum absolute atomic E-state index is 14.6. The molecule has 1 amide bonds. The second-order valence-electron chi connectivity index (χ2n) is 13.1. The molecule has 1 aromatic heterocycles. The number of benzene rings is 3. The van der Waals surface area contributed by atoms with Crippen molar-refractivity contribution in [3.8, 4) is 22.6 Å². The van der Waals surface area contributed by atoms with Crippen LogP contribution in [0.3, 0.4) is 0 Å². The first kappa shape index (κ1) is 28.9. The Hall–Kier alpha value is -3.53. The van der Waals surface area contributed by atoms with Crippen LogP contribution in [0, 0.1) is 6.92 Å². The molecule has 0 spiro atoms. The molecule has 230 valence electrons. The highest BCUT2D eigenvalue weighted by molar-refractivity contribution is 7.36. The highest BCUT2D eigenvalue weighted by Gasteiger charge is 2.37. The highest BCUT2D eigenvalue weighted by Crippen LogP contribution is 2.51. The Morgan fingerprint density at radius 2 is 1.76 bits per heavy atom. The van der Waals surface area contributed by atoms with Gasteiger partial charge in [-0.05, 0) is 96.4 Å². The van der Waals surface area contributed by atoms with Gasteiger partial charge >= 0.3 is 5.69 Å². The van der Waals surface area contributed by atoms with E-state index >= 15 is 0 Å². The first-order chi connectivity index (χ1) is 21.8. The molecule has 3 atom stereocenters. The molecule has 1 saturated heterocycles. The van der Waals surface area contributed by atoms with Crippen LogP contribution in [0.4, 0.5) is 5.82 Å². The molecule has 8 rings (SSSR count). The van der Waals surface area contributed by atoms with E-state index in [1.54, 1.807) is 0 Å². The number of para-hydroxylation sites is 1. The summed E-state index contributed by atoms with van der Waals surface area (Å²) in [7, 11) is 5.79. The lowest BCUT2D eigenvalue weighted by molar-refractivity contribution is -0.126. The van der Waals surface area contributed by atoms with E-state index in [9.17, 15) is 9.59 Å². The van der Waals surface area contributed by atoms with Crippen molar-refractivity contribution in [3.05, 3.63) is 81.8 Å². The smallest absolute Gasteiger partial charge is 0.354 e. The number of anilines is 1. The van der Waals surface area contributed by atoms with Crippen molar-refractivity contribution < 1.29 is 9.53 Å². The number of carbonyl (C=O) groups excluding carboxylic acids is 1. The van der Waals surface area contributed by atoms with Crippen LogP contribution in [-0.4, -0.2) is 46.0 Å². The van der Waals surface area contributed by atoms with Gasteiger partial charge in [-0.25, -0.2) is 4.79 Å². The standard InChI is InChI=1S/C36H38N4O3P2/c1-4-28(41)38-14-15-39(20(3)17-38)35-26-16-19(2)29-30-23(12-13-27(44)34(30)45)18-43-33(29)32(26)40(36(42)37-35)31-24(21-8-9-21)6-5-7-25(31)22-10-11-22/h4-7,12-13,16,20-22H,1,8-11,14-15,17-18,44-45H2,2-3H3/t20-/m0/s1. The summed E-state index contributed by atoms with van der Waals surface area (Å²) in [6, 6.07) is 13.0. The fourth-order valence-electron chi connectivity index (χ4n) is 7.48. The highest BCUT2D eigenvalue weighted by atomic mass is 31.0. The van der Waals surface area contributed by atoms with Crippen LogP contribution in [0.15, 0.2) is 53.8 Å². The van der Waals surface area contributed by atoms with Gasteiger partial charge in [-0.2, -0.15) is 4.98 Å². The van der Waals surface area contributed by atoms with Crippen molar-refractivity contribution in [2.45, 2.75) is 64.0 Å². The molecular weight excluding hydrogens is 598 g/mol. The number of hydrogen-bond acceptors (Lipinski definition) is 5. The Balaban J connectivity index is 1.44. The zero-order valence-corrected chi connectivity index (χ0v) is 28.1. The summed E-state index contributed by atoms with van der Waals surface area (Å²) in [5, 5.41) is 3.15. The quantitative estimate of drug-likeness (QED) is 0.222. The van der Waals surface area contributed by atoms with Gasteiger partial charge in [0.25, 0.3) is 0 Å². The number of nitrogens with zero attached hydrogens (tertiary/aromatic N) is 4. The van der Waals surface area contributed by atoms with Gasteiger partial charge < -0.3 is 14.5 Å². The van der Waals surface area contributed by atoms with Gasteiger partial charge in [0.15, 0.2) is 5.75 Å². The summed E-state index contributed by atoms with van der Waals surface area (Å²) in [5.74, 6) is 2.25. The Morgan fingerprint density at radius 3 is 2.40 bits per heavy atom. The van der Waals surface area contributed by atoms with Gasteiger partial charge in [-0.15, -0.1) is 18.5 Å². The lowest BCUT2D eigenvalue weighted by Crippen LogP contribution is -2.54. The van der Waals surface area contributed by atoms with Crippen molar-refractivity contribution in [1.82, 2.24) is 14.5 Å². The maximum atomic E-state index is 14.6. The molecule has 2 saturated carbocycles. The molecule has 45 heavy (non-hydrogen) atoms. The van der Waals surface area contributed by atoms with Crippen molar-refractivity contribution in [2.75, 3.05) is 24.5 Å². The van der Waals surface area contributed by atoms with Crippen LogP contribution in [0.25, 0.3) is 27.7 Å². The van der Waals surface area contributed by atoms with Crippen LogP contribution in [0.5, 0.6) is 5.75 Å². The third kappa shape index (κ3) is 4.65. The second kappa shape index (κ2) is 10.8. The van der Waals surface area contributed by atoms with Gasteiger partial charge in [0.05, 0.1) is 5.69 Å². The number of piperazine rings is 1. The molecule has 3 fully saturated rings. The number of hydrogen-bond donors (Lipinski definition) is 0. The molecule has 2 aliphatic carbocycles. The Kier molecular flexibility index (Phi) is 6.93. The number of fused-ring (bicyclic) bond motifs is 5. The number of aromatic nitrogens is 2. The minimum atomic E-state index is -0.282. The first-order valence-corrected chi connectivity index (χ1v) is 17.1. The predicted molar refractivity (Wildman–Crippen MR) is 188 cm³/mol. The molecular formula is C36H38N4O3P2. The first-order valence-electron chi connectivity index (χ1n) is 16.0. The minimum Gasteiger partial charge on any atom is -0.486 e. The summed E-state index contributed by atoms with van der Waals surface area (Å²) >= 11 is 0. The van der Waals surface area contributed by atoms with E-state index in [4.69, 9.17) is 9.72 Å². The molecule has 4 aliphatic rings. The van der Waals surface area contributed by atoms with Crippen LogP contribution in [0.2, 0.25) is 0 Å². The van der Waals surface area contributed by atoms with E-state index in [1.807, 2.05) is 9.47 Å². The van der Waals surface area contributed by atoms with Crippen LogP contribution in [0.1, 0.15) is 66.7 Å². The Bertz CT molecular complexity index is 1970. The third-order valence-electron chi connectivity index (χ3n) is 10.0. The average Bonchev–Trinajstić information content (AvgIpc) is 3.96. The SMILES string of the molecule is C=CC(=O)N1CCN(c2nc(=O)n(-c3c(C4CC4)cccc3C3CC3)c3c4c(c(C)cc23)-c2c(ccc(P)c2P)CO4)[C@@H](C)C1. The van der Waals surface area contributed by atoms with E-state index in [0.717, 1.165) is 80.9 Å². The van der Waals surface area contributed by atoms with Gasteiger partial charge in [0.1, 0.15) is 17.9 Å². The lowest BCUT2D eigenvalue weighted by atomic mass is 9.91. The zero-order valence-electron chi connectivity index (χ0n) is 25.8. The molecule has 3 aromatic carbocycles. The van der Waals surface area contributed by atoms with E-state index < -0.39 is 0 Å². The zero-order chi connectivity index (χ0) is 31.1. The molecule has 9 heteroatoms. The summed E-state index contributed by atoms with van der Waals surface area (Å²) in [6.45, 7) is 9.98. The molecule has 7 nitrogen and oxygen atoms in total. The Morgan fingerprint density at radius 1 is 1.04 bits per heavy atom. The van der Waals surface area contributed by atoms with Gasteiger partial charge in [-0.1, -0.05) is 36.9 Å². The summed E-state index contributed by atoms with van der Waals surface area (Å²) in [6.07, 6.45) is 5.92. The fraction of sp³-hybridized carbons (Fsp3) is 0.361. The number of amides is 1. The predicted octanol–water partition coefficient (Wildman–Crippen LogP) is 5.23. The number of aryl methyl sites for hydroxylation is 1. The number of rotatable bonds is 5. The molecule has 4 aromatic rings. The molecule has 0 radical (unpaired) electrons. The average molecular weight is 637 g/mol. The topological polar surface area (TPSA) is 67.7 Å². The monoisotopic (exact) mass is 636 g/mol. The normalized spacial score (nSPS) is 19.2. The van der Waals surface area contributed by atoms with Crippen molar-refractivity contribution >= 4 is 51.7 Å². The lowest BCUT2D eigenvalue weighted by Gasteiger charge is -2.41. The largest absolute Gasteiger partial charge is 0.486 e. The fourth-order valence-corrected chi connectivity index (χ4v) is 8.14. The molecule has 2 unspecified atom stereocenters. The molecule has 3 heterocycles. The van der Waals surface area contributed by atoms with E-state index in [-0.39, 0.29) is 17.6 Å². The summed E-state index contributed by atoms with van der Waals surface area (Å²) in [4.78, 5) is 36.0. The molecule has 0 bridgehead atoms. The third-order valence-corrected chi connectivity index (χ3v) is 11.5. The van der Waals surface area contributed by atoms with Gasteiger partial charge in [0, 0.05) is 42.2 Å². The number of carbonyl (C=O) groups is 1. The van der Waals surface area contributed by atoms with Gasteiger partial charge in [-0.3, -0.25) is 9.36 Å². The number of ether oxygens (including phenoxy) is 1. The maximum Gasteiger partial charge on any atom is 0.354 e. The second-order valence-corrected chi connectivity index (χ2v) is 14.3. The minimum absolute atomic E-state index is 0.0364. The summed E-state index contributed by atoms with van der Waals surface area (Å²) in [5.41, 5.74) is 8.42. The van der Waals surface area contributed by atoms with Crippen LogP contribution in [-0.2, 0) is 11.4 Å². The molecule has 2 aliphatic heterocycles. The van der Waals surface area contributed by atoms with Crippen molar-refractivity contribution in [2.24, 2.45) is 0 Å². The van der Waals surface area contributed by atoms with Crippen molar-refractivity contribution in [1.29, 1.82) is 0 Å². The molecule has 0 N–H and O–H groups in total. The van der Waals surface area contributed by atoms with Crippen LogP contribution >= 0.6 is 18.5 Å². The van der Waals surface area contributed by atoms with E-state index in [0.29, 0.717) is 43.9 Å².